The Kier molecular flexibility index (Phi) is 5.06. The SMILES string of the molecule is Cc1ccc([C@@H]2CC(=O)N3CN(C4CCCCC4)CSC3=C2C#N)cc1. The maximum absolute atomic E-state index is 12.9. The van der Waals surface area contributed by atoms with Crippen molar-refractivity contribution in [2.45, 2.75) is 57.4 Å². The molecular formula is C21H25N3OS. The molecule has 0 N–H and O–H groups in total. The smallest absolute Gasteiger partial charge is 0.229 e. The van der Waals surface area contributed by atoms with Crippen LogP contribution in [0.3, 0.4) is 0 Å². The van der Waals surface area contributed by atoms with Gasteiger partial charge in [0.05, 0.1) is 29.2 Å². The van der Waals surface area contributed by atoms with Gasteiger partial charge in [0.1, 0.15) is 0 Å². The first kappa shape index (κ1) is 17.6. The molecule has 2 aliphatic heterocycles. The summed E-state index contributed by atoms with van der Waals surface area (Å²) in [5, 5.41) is 10.7. The fourth-order valence-electron chi connectivity index (χ4n) is 4.34. The summed E-state index contributed by atoms with van der Waals surface area (Å²) in [6, 6.07) is 11.3. The van der Waals surface area contributed by atoms with Crippen molar-refractivity contribution >= 4 is 17.7 Å². The van der Waals surface area contributed by atoms with Gasteiger partial charge in [-0.05, 0) is 25.3 Å². The molecule has 0 spiro atoms. The molecule has 2 heterocycles. The van der Waals surface area contributed by atoms with Crippen LogP contribution in [0.25, 0.3) is 0 Å². The first-order valence-corrected chi connectivity index (χ1v) is 10.5. The predicted octanol–water partition coefficient (Wildman–Crippen LogP) is 4.34. The molecule has 4 rings (SSSR count). The number of nitriles is 1. The first-order valence-electron chi connectivity index (χ1n) is 9.55. The van der Waals surface area contributed by atoms with E-state index in [4.69, 9.17) is 0 Å². The van der Waals surface area contributed by atoms with E-state index in [-0.39, 0.29) is 11.8 Å². The summed E-state index contributed by atoms with van der Waals surface area (Å²) in [6.45, 7) is 2.70. The van der Waals surface area contributed by atoms with Crippen LogP contribution in [-0.4, -0.2) is 34.3 Å². The lowest BCUT2D eigenvalue weighted by atomic mass is 9.86. The molecule has 1 atom stereocenters. The van der Waals surface area contributed by atoms with E-state index in [0.29, 0.717) is 19.1 Å². The molecule has 1 saturated carbocycles. The average Bonchev–Trinajstić information content (AvgIpc) is 2.69. The highest BCUT2D eigenvalue weighted by molar-refractivity contribution is 8.03. The van der Waals surface area contributed by atoms with Gasteiger partial charge in [0.15, 0.2) is 0 Å². The van der Waals surface area contributed by atoms with E-state index < -0.39 is 0 Å². The van der Waals surface area contributed by atoms with Crippen LogP contribution >= 0.6 is 11.8 Å². The second kappa shape index (κ2) is 7.46. The second-order valence-corrected chi connectivity index (χ2v) is 8.55. The second-order valence-electron chi connectivity index (χ2n) is 7.62. The van der Waals surface area contributed by atoms with Crippen molar-refractivity contribution in [2.75, 3.05) is 12.5 Å². The number of carbonyl (C=O) groups excluding carboxylic acids is 1. The number of fused-ring (bicyclic) bond motifs is 1. The number of hydrogen-bond donors (Lipinski definition) is 0. The van der Waals surface area contributed by atoms with Gasteiger partial charge in [-0.1, -0.05) is 60.9 Å². The van der Waals surface area contributed by atoms with Crippen molar-refractivity contribution in [3.05, 3.63) is 46.0 Å². The van der Waals surface area contributed by atoms with Crippen molar-refractivity contribution in [2.24, 2.45) is 0 Å². The average molecular weight is 368 g/mol. The summed E-state index contributed by atoms with van der Waals surface area (Å²) in [7, 11) is 0. The zero-order valence-electron chi connectivity index (χ0n) is 15.3. The van der Waals surface area contributed by atoms with Crippen molar-refractivity contribution in [1.29, 1.82) is 5.26 Å². The maximum atomic E-state index is 12.9. The van der Waals surface area contributed by atoms with Crippen LogP contribution in [0.1, 0.15) is 55.6 Å². The van der Waals surface area contributed by atoms with Gasteiger partial charge in [-0.25, -0.2) is 0 Å². The van der Waals surface area contributed by atoms with Gasteiger partial charge in [0.25, 0.3) is 0 Å². The van der Waals surface area contributed by atoms with E-state index in [0.717, 1.165) is 22.0 Å². The number of hydrogen-bond acceptors (Lipinski definition) is 4. The molecular weight excluding hydrogens is 342 g/mol. The zero-order valence-corrected chi connectivity index (χ0v) is 16.1. The number of aryl methyl sites for hydroxylation is 1. The van der Waals surface area contributed by atoms with Crippen LogP contribution in [0.2, 0.25) is 0 Å². The fourth-order valence-corrected chi connectivity index (χ4v) is 5.58. The van der Waals surface area contributed by atoms with Crippen LogP contribution < -0.4 is 0 Å². The molecule has 4 nitrogen and oxygen atoms in total. The molecule has 1 aliphatic carbocycles. The van der Waals surface area contributed by atoms with Crippen LogP contribution in [0.5, 0.6) is 0 Å². The number of amides is 1. The highest BCUT2D eigenvalue weighted by atomic mass is 32.2. The van der Waals surface area contributed by atoms with E-state index in [1.807, 2.05) is 4.90 Å². The van der Waals surface area contributed by atoms with Gasteiger partial charge in [0, 0.05) is 18.4 Å². The van der Waals surface area contributed by atoms with Crippen LogP contribution in [0, 0.1) is 18.3 Å². The summed E-state index contributed by atoms with van der Waals surface area (Å²) in [6.07, 6.45) is 6.79. The predicted molar refractivity (Wildman–Crippen MR) is 104 cm³/mol. The van der Waals surface area contributed by atoms with E-state index in [2.05, 4.69) is 42.2 Å². The Bertz CT molecular complexity index is 758. The van der Waals surface area contributed by atoms with E-state index in [1.165, 1.54) is 37.7 Å². The van der Waals surface area contributed by atoms with E-state index >= 15 is 0 Å². The molecule has 0 radical (unpaired) electrons. The number of allylic oxidation sites excluding steroid dienone is 1. The molecule has 0 bridgehead atoms. The first-order chi connectivity index (χ1) is 12.7. The maximum Gasteiger partial charge on any atom is 0.229 e. The van der Waals surface area contributed by atoms with Crippen LogP contribution in [-0.2, 0) is 4.79 Å². The minimum absolute atomic E-state index is 0.104. The molecule has 136 valence electrons. The van der Waals surface area contributed by atoms with Crippen LogP contribution in [0.15, 0.2) is 34.9 Å². The van der Waals surface area contributed by atoms with Crippen LogP contribution in [0.4, 0.5) is 0 Å². The molecule has 3 aliphatic rings. The highest BCUT2D eigenvalue weighted by Gasteiger charge is 2.39. The third-order valence-electron chi connectivity index (χ3n) is 5.89. The number of benzene rings is 1. The zero-order chi connectivity index (χ0) is 18.1. The summed E-state index contributed by atoms with van der Waals surface area (Å²) in [5.41, 5.74) is 3.03. The lowest BCUT2D eigenvalue weighted by Gasteiger charge is -2.44. The Hall–Kier alpha value is -1.77. The number of carbonyl (C=O) groups is 1. The lowest BCUT2D eigenvalue weighted by molar-refractivity contribution is -0.132. The molecule has 1 amide bonds. The number of rotatable bonds is 2. The minimum Gasteiger partial charge on any atom is -0.292 e. The summed E-state index contributed by atoms with van der Waals surface area (Å²) < 4.78 is 0. The van der Waals surface area contributed by atoms with Gasteiger partial charge < -0.3 is 0 Å². The summed E-state index contributed by atoms with van der Waals surface area (Å²) >= 11 is 1.68. The molecule has 0 unspecified atom stereocenters. The third kappa shape index (κ3) is 3.28. The summed E-state index contributed by atoms with van der Waals surface area (Å²) in [4.78, 5) is 17.2. The molecule has 1 aromatic rings. The van der Waals surface area contributed by atoms with Crippen molar-refractivity contribution in [3.8, 4) is 6.07 Å². The molecule has 5 heteroatoms. The Balaban J connectivity index is 1.60. The Morgan fingerprint density at radius 2 is 1.88 bits per heavy atom. The molecule has 0 aromatic heterocycles. The topological polar surface area (TPSA) is 47.3 Å². The standard InChI is InChI=1S/C21H25N3OS/c1-15-7-9-16(10-8-15)18-11-20(25)24-13-23(17-5-3-2-4-6-17)14-26-21(24)19(18)12-22/h7-10,17-18H,2-6,11,13-14H2,1H3/t18-/m0/s1. The Labute approximate surface area is 159 Å². The van der Waals surface area contributed by atoms with Gasteiger partial charge in [-0.3, -0.25) is 14.6 Å². The monoisotopic (exact) mass is 367 g/mol. The van der Waals surface area contributed by atoms with Gasteiger partial charge in [-0.2, -0.15) is 5.26 Å². The van der Waals surface area contributed by atoms with Gasteiger partial charge >= 0.3 is 0 Å². The summed E-state index contributed by atoms with van der Waals surface area (Å²) in [5.74, 6) is 0.931. The lowest BCUT2D eigenvalue weighted by Crippen LogP contribution is -2.51. The van der Waals surface area contributed by atoms with Crippen molar-refractivity contribution in [3.63, 3.8) is 0 Å². The quantitative estimate of drug-likeness (QED) is 0.780. The van der Waals surface area contributed by atoms with E-state index in [9.17, 15) is 10.1 Å². The fraction of sp³-hybridized carbons (Fsp3) is 0.524. The molecule has 1 aromatic carbocycles. The Morgan fingerprint density at radius 1 is 1.15 bits per heavy atom. The largest absolute Gasteiger partial charge is 0.292 e. The third-order valence-corrected chi connectivity index (χ3v) is 7.06. The van der Waals surface area contributed by atoms with E-state index in [1.54, 1.807) is 11.8 Å². The van der Waals surface area contributed by atoms with Crippen molar-refractivity contribution < 1.29 is 4.79 Å². The number of thioether (sulfide) groups is 1. The normalized spacial score (nSPS) is 25.2. The van der Waals surface area contributed by atoms with Gasteiger partial charge in [-0.15, -0.1) is 0 Å². The minimum atomic E-state index is -0.104. The molecule has 2 fully saturated rings. The van der Waals surface area contributed by atoms with Gasteiger partial charge in [0.2, 0.25) is 5.91 Å². The molecule has 1 saturated heterocycles. The Morgan fingerprint density at radius 3 is 2.58 bits per heavy atom. The molecule has 26 heavy (non-hydrogen) atoms. The van der Waals surface area contributed by atoms with Crippen molar-refractivity contribution in [1.82, 2.24) is 9.80 Å². The number of nitrogens with zero attached hydrogens (tertiary/aromatic N) is 3. The highest BCUT2D eigenvalue weighted by Crippen LogP contribution is 2.43.